The first-order chi connectivity index (χ1) is 8.77. The Morgan fingerprint density at radius 1 is 1.42 bits per heavy atom. The van der Waals surface area contributed by atoms with E-state index in [4.69, 9.17) is 22.4 Å². The van der Waals surface area contributed by atoms with Gasteiger partial charge in [-0.25, -0.2) is 0 Å². The molecule has 19 heavy (non-hydrogen) atoms. The van der Waals surface area contributed by atoms with Gasteiger partial charge in [-0.1, -0.05) is 17.7 Å². The van der Waals surface area contributed by atoms with Crippen LogP contribution in [0.1, 0.15) is 17.2 Å². The van der Waals surface area contributed by atoms with Crippen LogP contribution in [0.3, 0.4) is 0 Å². The van der Waals surface area contributed by atoms with Crippen molar-refractivity contribution >= 4 is 11.6 Å². The Bertz CT molecular complexity index is 461. The summed E-state index contributed by atoms with van der Waals surface area (Å²) >= 11 is 5.54. The molecule has 0 unspecified atom stereocenters. The summed E-state index contributed by atoms with van der Waals surface area (Å²) in [5, 5.41) is 8.81. The van der Waals surface area contributed by atoms with Crippen molar-refractivity contribution in [1.29, 1.82) is 0 Å². The fraction of sp³-hybridized carbons (Fsp3) is 0.500. The van der Waals surface area contributed by atoms with Crippen LogP contribution in [-0.2, 0) is 6.18 Å². The molecular formula is C12H14ClF3N2O. The zero-order valence-corrected chi connectivity index (χ0v) is 10.7. The lowest BCUT2D eigenvalue weighted by Gasteiger charge is -2.37. The molecule has 1 aromatic rings. The average Bonchev–Trinajstić information content (AvgIpc) is 2.25. The van der Waals surface area contributed by atoms with Gasteiger partial charge >= 0.3 is 6.18 Å². The molecule has 1 saturated heterocycles. The Kier molecular flexibility index (Phi) is 4.06. The third kappa shape index (κ3) is 3.39. The summed E-state index contributed by atoms with van der Waals surface area (Å²) in [4.78, 5) is 1.89. The summed E-state index contributed by atoms with van der Waals surface area (Å²) in [5.41, 5.74) is 5.40. The summed E-state index contributed by atoms with van der Waals surface area (Å²) < 4.78 is 38.1. The van der Waals surface area contributed by atoms with Gasteiger partial charge in [0, 0.05) is 25.7 Å². The van der Waals surface area contributed by atoms with Gasteiger partial charge in [0.2, 0.25) is 0 Å². The first kappa shape index (κ1) is 14.6. The van der Waals surface area contributed by atoms with Crippen LogP contribution in [0.4, 0.5) is 13.2 Å². The van der Waals surface area contributed by atoms with E-state index in [1.54, 1.807) is 0 Å². The second-order valence-electron chi connectivity index (χ2n) is 4.72. The molecule has 2 rings (SSSR count). The van der Waals surface area contributed by atoms with E-state index >= 15 is 0 Å². The van der Waals surface area contributed by atoms with Crippen molar-refractivity contribution in [3.8, 4) is 0 Å². The molecule has 1 heterocycles. The minimum absolute atomic E-state index is 0.331. The monoisotopic (exact) mass is 294 g/mol. The predicted molar refractivity (Wildman–Crippen MR) is 65.8 cm³/mol. The Hall–Kier alpha value is -0.820. The summed E-state index contributed by atoms with van der Waals surface area (Å²) in [6, 6.07) is 3.16. The van der Waals surface area contributed by atoms with Crippen molar-refractivity contribution in [2.45, 2.75) is 18.3 Å². The lowest BCUT2D eigenvalue weighted by Crippen LogP contribution is -2.52. The molecular weight excluding hydrogens is 281 g/mol. The Balaban J connectivity index is 2.11. The van der Waals surface area contributed by atoms with E-state index in [0.29, 0.717) is 25.2 Å². The molecule has 0 saturated carbocycles. The predicted octanol–water partition coefficient (Wildman–Crippen LogP) is 2.04. The summed E-state index contributed by atoms with van der Waals surface area (Å²) in [7, 11) is 0. The maximum absolute atomic E-state index is 12.7. The van der Waals surface area contributed by atoms with Crippen molar-refractivity contribution in [3.05, 3.63) is 34.3 Å². The number of hydrogen-bond donors (Lipinski definition) is 2. The number of nitrogens with two attached hydrogens (primary N) is 1. The maximum atomic E-state index is 12.7. The fourth-order valence-electron chi connectivity index (χ4n) is 2.07. The van der Waals surface area contributed by atoms with Gasteiger partial charge in [-0.3, -0.25) is 4.90 Å². The number of hydrogen-bond acceptors (Lipinski definition) is 3. The number of likely N-dealkylation sites (tertiary alicyclic amines) is 1. The van der Waals surface area contributed by atoms with Gasteiger partial charge < -0.3 is 10.8 Å². The van der Waals surface area contributed by atoms with Crippen molar-refractivity contribution in [1.82, 2.24) is 4.90 Å². The first-order valence-corrected chi connectivity index (χ1v) is 6.18. The number of alkyl halides is 3. The molecule has 3 nitrogen and oxygen atoms in total. The lowest BCUT2D eigenvalue weighted by atomic mass is 10.0. The third-order valence-corrected chi connectivity index (χ3v) is 3.45. The summed E-state index contributed by atoms with van der Waals surface area (Å²) in [6.45, 7) is 1.43. The van der Waals surface area contributed by atoms with Crippen molar-refractivity contribution < 1.29 is 18.3 Å². The van der Waals surface area contributed by atoms with E-state index in [9.17, 15) is 13.2 Å². The zero-order chi connectivity index (χ0) is 14.2. The highest BCUT2D eigenvalue weighted by Gasteiger charge is 2.34. The second kappa shape index (κ2) is 5.28. The Labute approximate surface area is 113 Å². The molecule has 1 atom stereocenters. The van der Waals surface area contributed by atoms with Crippen molar-refractivity contribution in [2.75, 3.05) is 19.6 Å². The molecule has 0 aliphatic carbocycles. The van der Waals surface area contributed by atoms with Gasteiger partial charge in [-0.2, -0.15) is 13.2 Å². The van der Waals surface area contributed by atoms with E-state index in [-0.39, 0.29) is 11.1 Å². The minimum atomic E-state index is -4.49. The lowest BCUT2D eigenvalue weighted by molar-refractivity contribution is -0.137. The van der Waals surface area contributed by atoms with E-state index in [1.165, 1.54) is 12.1 Å². The molecule has 1 aliphatic heterocycles. The average molecular weight is 295 g/mol. The molecule has 1 fully saturated rings. The van der Waals surface area contributed by atoms with Crippen molar-refractivity contribution in [3.63, 3.8) is 0 Å². The second-order valence-corrected chi connectivity index (χ2v) is 5.12. The number of halogens is 4. The fourth-order valence-corrected chi connectivity index (χ4v) is 2.29. The highest BCUT2D eigenvalue weighted by atomic mass is 35.5. The van der Waals surface area contributed by atoms with Gasteiger partial charge in [-0.15, -0.1) is 0 Å². The quantitative estimate of drug-likeness (QED) is 0.897. The molecule has 1 aliphatic rings. The number of β-amino-alcohol motifs (C(OH)–C–C–N with tert-alkyl or cyclic N) is 1. The van der Waals surface area contributed by atoms with Gasteiger partial charge in [0.05, 0.1) is 16.7 Å². The minimum Gasteiger partial charge on any atom is -0.390 e. The normalized spacial score (nSPS) is 19.3. The number of aliphatic hydroxyl groups is 1. The molecule has 1 aromatic carbocycles. The van der Waals surface area contributed by atoms with Crippen LogP contribution in [0.5, 0.6) is 0 Å². The number of aliphatic hydroxyl groups excluding tert-OH is 1. The van der Waals surface area contributed by atoms with Crippen LogP contribution in [0.15, 0.2) is 18.2 Å². The van der Waals surface area contributed by atoms with E-state index in [2.05, 4.69) is 0 Å². The highest BCUT2D eigenvalue weighted by molar-refractivity contribution is 6.31. The van der Waals surface area contributed by atoms with Gasteiger partial charge in [0.25, 0.3) is 0 Å². The number of benzene rings is 1. The van der Waals surface area contributed by atoms with Crippen LogP contribution in [0.25, 0.3) is 0 Å². The Morgan fingerprint density at radius 3 is 2.58 bits per heavy atom. The first-order valence-electron chi connectivity index (χ1n) is 5.80. The maximum Gasteiger partial charge on any atom is 0.417 e. The van der Waals surface area contributed by atoms with Gasteiger partial charge in [-0.05, 0) is 17.7 Å². The van der Waals surface area contributed by atoms with Crippen LogP contribution >= 0.6 is 11.6 Å². The molecule has 3 N–H and O–H groups in total. The number of rotatable bonds is 3. The number of nitrogens with zero attached hydrogens (tertiary/aromatic N) is 1. The standard InChI is InChI=1S/C12H14ClF3N2O/c13-10-2-1-7(3-9(10)12(14,15)16)11(17)6-18-4-8(19)5-18/h1-3,8,11,19H,4-6,17H2/t11-/m1/s1. The van der Waals surface area contributed by atoms with E-state index in [1.807, 2.05) is 4.90 Å². The molecule has 0 bridgehead atoms. The van der Waals surface area contributed by atoms with Crippen LogP contribution in [0.2, 0.25) is 5.02 Å². The highest BCUT2D eigenvalue weighted by Crippen LogP contribution is 2.36. The van der Waals surface area contributed by atoms with Crippen LogP contribution < -0.4 is 5.73 Å². The van der Waals surface area contributed by atoms with Gasteiger partial charge in [0.15, 0.2) is 0 Å². The molecule has 7 heteroatoms. The van der Waals surface area contributed by atoms with Crippen molar-refractivity contribution in [2.24, 2.45) is 5.73 Å². The van der Waals surface area contributed by atoms with Crippen LogP contribution in [0, 0.1) is 0 Å². The smallest absolute Gasteiger partial charge is 0.390 e. The molecule has 0 radical (unpaired) electrons. The molecule has 106 valence electrons. The molecule has 0 amide bonds. The third-order valence-electron chi connectivity index (χ3n) is 3.12. The van der Waals surface area contributed by atoms with E-state index in [0.717, 1.165) is 6.07 Å². The molecule has 0 spiro atoms. The summed E-state index contributed by atoms with van der Waals surface area (Å²) in [5.74, 6) is 0. The van der Waals surface area contributed by atoms with Crippen LogP contribution in [-0.4, -0.2) is 35.7 Å². The zero-order valence-electron chi connectivity index (χ0n) is 9.99. The topological polar surface area (TPSA) is 49.5 Å². The van der Waals surface area contributed by atoms with Gasteiger partial charge in [0.1, 0.15) is 0 Å². The van der Waals surface area contributed by atoms with E-state index < -0.39 is 17.8 Å². The summed E-state index contributed by atoms with van der Waals surface area (Å²) in [6.07, 6.45) is -4.84. The SMILES string of the molecule is N[C@H](CN1CC(O)C1)c1ccc(Cl)c(C(F)(F)F)c1. The Morgan fingerprint density at radius 2 is 2.05 bits per heavy atom. The molecule has 0 aromatic heterocycles. The largest absolute Gasteiger partial charge is 0.417 e.